The summed E-state index contributed by atoms with van der Waals surface area (Å²) >= 11 is 0. The van der Waals surface area contributed by atoms with Crippen molar-refractivity contribution >= 4 is 28.6 Å². The summed E-state index contributed by atoms with van der Waals surface area (Å²) in [5, 5.41) is 4.63. The topological polar surface area (TPSA) is 74.5 Å². The first-order valence-corrected chi connectivity index (χ1v) is 15.8. The third-order valence-electron chi connectivity index (χ3n) is 10.5. The Morgan fingerprint density at radius 1 is 0.857 bits per heavy atom. The maximum Gasteiger partial charge on any atom is 0.289 e. The molecule has 2 aromatic heterocycles. The molecule has 9 rings (SSSR count). The van der Waals surface area contributed by atoms with Gasteiger partial charge >= 0.3 is 0 Å². The molecule has 3 heterocycles. The fourth-order valence-electron chi connectivity index (χ4n) is 8.76. The second kappa shape index (κ2) is 10.1. The van der Waals surface area contributed by atoms with Crippen LogP contribution >= 0.6 is 0 Å². The molecular formula is C35H39N5O2. The highest BCUT2D eigenvalue weighted by Crippen LogP contribution is 2.60. The molecule has 7 nitrogen and oxygen atoms in total. The van der Waals surface area contributed by atoms with Crippen LogP contribution < -0.4 is 10.2 Å². The van der Waals surface area contributed by atoms with Crippen molar-refractivity contribution in [3.63, 3.8) is 0 Å². The second-order valence-corrected chi connectivity index (χ2v) is 13.3. The van der Waals surface area contributed by atoms with Crippen LogP contribution in [0, 0.1) is 17.8 Å². The van der Waals surface area contributed by atoms with Gasteiger partial charge in [-0.25, -0.2) is 4.98 Å². The number of furan rings is 1. The lowest BCUT2D eigenvalue weighted by atomic mass is 9.49. The fourth-order valence-corrected chi connectivity index (χ4v) is 8.76. The van der Waals surface area contributed by atoms with Gasteiger partial charge in [-0.1, -0.05) is 42.5 Å². The van der Waals surface area contributed by atoms with E-state index in [2.05, 4.69) is 53.5 Å². The Labute approximate surface area is 247 Å². The van der Waals surface area contributed by atoms with Crippen LogP contribution in [0.2, 0.25) is 0 Å². The zero-order valence-electron chi connectivity index (χ0n) is 24.3. The molecule has 1 N–H and O–H groups in total. The predicted octanol–water partition coefficient (Wildman–Crippen LogP) is 6.83. The smallest absolute Gasteiger partial charge is 0.289 e. The largest absolute Gasteiger partial charge is 0.455 e. The molecule has 4 saturated carbocycles. The number of para-hydroxylation sites is 1. The number of fused-ring (bicyclic) bond motifs is 1. The molecule has 216 valence electrons. The Balaban J connectivity index is 0.970. The van der Waals surface area contributed by atoms with Gasteiger partial charge in [-0.2, -0.15) is 4.98 Å². The molecule has 0 spiro atoms. The standard InChI is InChI=1S/C35H39N5O2/c1-23(27-7-3-2-4-8-27)36-32-28-9-5-6-10-29(28)37-34(38-32)40-15-13-39(14-16-40)33(41)30-11-12-31(42-30)35-20-24-17-25(21-35)19-26(18-24)22-35/h2-12,23-26H,13-22H2,1H3,(H,36,37,38). The van der Waals surface area contributed by atoms with Crippen molar-refractivity contribution in [1.29, 1.82) is 0 Å². The van der Waals surface area contributed by atoms with Crippen molar-refractivity contribution in [3.8, 4) is 0 Å². The minimum atomic E-state index is 0.00380. The zero-order chi connectivity index (χ0) is 28.3. The minimum absolute atomic E-state index is 0.00380. The summed E-state index contributed by atoms with van der Waals surface area (Å²) in [6.07, 6.45) is 7.93. The van der Waals surface area contributed by atoms with E-state index in [4.69, 9.17) is 14.4 Å². The molecule has 1 aliphatic heterocycles. The van der Waals surface area contributed by atoms with E-state index in [0.29, 0.717) is 37.9 Å². The van der Waals surface area contributed by atoms with E-state index in [9.17, 15) is 4.79 Å². The zero-order valence-corrected chi connectivity index (χ0v) is 24.3. The molecule has 1 unspecified atom stereocenters. The molecule has 4 aromatic rings. The van der Waals surface area contributed by atoms with Crippen LogP contribution in [0.3, 0.4) is 0 Å². The SMILES string of the molecule is CC(Nc1nc(N2CCN(C(=O)c3ccc(C45CC6CC(CC(C6)C4)C5)o3)CC2)nc2ccccc12)c1ccccc1. The Kier molecular flexibility index (Phi) is 6.23. The van der Waals surface area contributed by atoms with Crippen LogP contribution in [0.5, 0.6) is 0 Å². The van der Waals surface area contributed by atoms with E-state index in [-0.39, 0.29) is 17.4 Å². The maximum atomic E-state index is 13.5. The number of carbonyl (C=O) groups excluding carboxylic acids is 1. The summed E-state index contributed by atoms with van der Waals surface area (Å²) < 4.78 is 6.39. The summed E-state index contributed by atoms with van der Waals surface area (Å²) in [7, 11) is 0. The van der Waals surface area contributed by atoms with Crippen molar-refractivity contribution < 1.29 is 9.21 Å². The van der Waals surface area contributed by atoms with Gasteiger partial charge in [0.1, 0.15) is 11.6 Å². The van der Waals surface area contributed by atoms with Gasteiger partial charge in [-0.3, -0.25) is 4.79 Å². The molecule has 7 heteroatoms. The molecule has 1 atom stereocenters. The predicted molar refractivity (Wildman–Crippen MR) is 165 cm³/mol. The molecule has 5 aliphatic rings. The second-order valence-electron chi connectivity index (χ2n) is 13.3. The number of benzene rings is 2. The Morgan fingerprint density at radius 2 is 1.52 bits per heavy atom. The molecule has 5 fully saturated rings. The highest BCUT2D eigenvalue weighted by Gasteiger charge is 2.53. The maximum absolute atomic E-state index is 13.5. The Hall–Kier alpha value is -3.87. The summed E-state index contributed by atoms with van der Waals surface area (Å²) in [4.78, 5) is 27.6. The van der Waals surface area contributed by atoms with Crippen molar-refractivity contribution in [1.82, 2.24) is 14.9 Å². The molecule has 2 aromatic carbocycles. The number of nitrogens with one attached hydrogen (secondary N) is 1. The van der Waals surface area contributed by atoms with Gasteiger partial charge in [0.25, 0.3) is 5.91 Å². The van der Waals surface area contributed by atoms with E-state index >= 15 is 0 Å². The van der Waals surface area contributed by atoms with Crippen LogP contribution in [0.4, 0.5) is 11.8 Å². The highest BCUT2D eigenvalue weighted by molar-refractivity contribution is 5.92. The molecule has 4 bridgehead atoms. The third-order valence-corrected chi connectivity index (χ3v) is 10.5. The van der Waals surface area contributed by atoms with Crippen LogP contribution in [0.15, 0.2) is 71.1 Å². The van der Waals surface area contributed by atoms with E-state index in [0.717, 1.165) is 40.2 Å². The molecule has 1 amide bonds. The first-order chi connectivity index (χ1) is 20.5. The molecule has 42 heavy (non-hydrogen) atoms. The summed E-state index contributed by atoms with van der Waals surface area (Å²) in [6, 6.07) is 22.7. The number of amides is 1. The number of piperazine rings is 1. The molecule has 0 radical (unpaired) electrons. The van der Waals surface area contributed by atoms with Gasteiger partial charge in [0.15, 0.2) is 5.76 Å². The average molecular weight is 562 g/mol. The quantitative estimate of drug-likeness (QED) is 0.278. The lowest BCUT2D eigenvalue weighted by Crippen LogP contribution is -2.49. The van der Waals surface area contributed by atoms with Crippen molar-refractivity contribution in [3.05, 3.63) is 83.8 Å². The summed E-state index contributed by atoms with van der Waals surface area (Å²) in [5.74, 6) is 5.65. The number of rotatable bonds is 6. The highest BCUT2D eigenvalue weighted by atomic mass is 16.4. The van der Waals surface area contributed by atoms with Gasteiger partial charge in [-0.05, 0) is 93.0 Å². The fraction of sp³-hybridized carbons (Fsp3) is 0.457. The number of nitrogens with zero attached hydrogens (tertiary/aromatic N) is 4. The number of aromatic nitrogens is 2. The third kappa shape index (κ3) is 4.54. The van der Waals surface area contributed by atoms with Crippen molar-refractivity contribution in [2.45, 2.75) is 56.9 Å². The molecular weight excluding hydrogens is 522 g/mol. The van der Waals surface area contributed by atoms with Crippen LogP contribution in [0.1, 0.15) is 73.4 Å². The van der Waals surface area contributed by atoms with Crippen LogP contribution in [0.25, 0.3) is 10.9 Å². The molecule has 1 saturated heterocycles. The van der Waals surface area contributed by atoms with Crippen molar-refractivity contribution in [2.24, 2.45) is 17.8 Å². The first-order valence-electron chi connectivity index (χ1n) is 15.8. The van der Waals surface area contributed by atoms with E-state index < -0.39 is 0 Å². The summed E-state index contributed by atoms with van der Waals surface area (Å²) in [6.45, 7) is 4.75. The van der Waals surface area contributed by atoms with Gasteiger partial charge in [0.05, 0.1) is 5.52 Å². The number of anilines is 2. The van der Waals surface area contributed by atoms with E-state index in [1.807, 2.05) is 35.2 Å². The van der Waals surface area contributed by atoms with Crippen molar-refractivity contribution in [2.75, 3.05) is 36.4 Å². The lowest BCUT2D eigenvalue weighted by molar-refractivity contribution is -0.0156. The first kappa shape index (κ1) is 25.8. The Morgan fingerprint density at radius 3 is 2.24 bits per heavy atom. The normalized spacial score (nSPS) is 27.4. The van der Waals surface area contributed by atoms with Gasteiger partial charge < -0.3 is 19.5 Å². The van der Waals surface area contributed by atoms with Gasteiger partial charge in [-0.15, -0.1) is 0 Å². The van der Waals surface area contributed by atoms with Crippen LogP contribution in [-0.4, -0.2) is 47.0 Å². The average Bonchev–Trinajstić information content (AvgIpc) is 3.52. The number of carbonyl (C=O) groups is 1. The molecule has 4 aliphatic carbocycles. The lowest BCUT2D eigenvalue weighted by Gasteiger charge is -2.55. The monoisotopic (exact) mass is 561 g/mol. The Bertz CT molecular complexity index is 1570. The van der Waals surface area contributed by atoms with Gasteiger partial charge in [0, 0.05) is 43.0 Å². The minimum Gasteiger partial charge on any atom is -0.455 e. The summed E-state index contributed by atoms with van der Waals surface area (Å²) in [5.41, 5.74) is 2.29. The van der Waals surface area contributed by atoms with Crippen LogP contribution in [-0.2, 0) is 5.41 Å². The van der Waals surface area contributed by atoms with Gasteiger partial charge in [0.2, 0.25) is 5.95 Å². The van der Waals surface area contributed by atoms with E-state index in [1.54, 1.807) is 0 Å². The number of hydrogen-bond donors (Lipinski definition) is 1. The van der Waals surface area contributed by atoms with E-state index in [1.165, 1.54) is 44.1 Å². The number of hydrogen-bond acceptors (Lipinski definition) is 6.